The van der Waals surface area contributed by atoms with Crippen molar-refractivity contribution in [3.05, 3.63) is 42.0 Å². The Morgan fingerprint density at radius 1 is 1.18 bits per heavy atom. The van der Waals surface area contributed by atoms with Crippen LogP contribution in [0.4, 0.5) is 0 Å². The van der Waals surface area contributed by atoms with Crippen LogP contribution in [0.15, 0.2) is 36.4 Å². The zero-order valence-corrected chi connectivity index (χ0v) is 10.3. The van der Waals surface area contributed by atoms with Crippen molar-refractivity contribution in [2.75, 3.05) is 0 Å². The molecule has 1 saturated carbocycles. The highest BCUT2D eigenvalue weighted by molar-refractivity contribution is 5.81. The van der Waals surface area contributed by atoms with E-state index in [4.69, 9.17) is 0 Å². The first-order valence-corrected chi connectivity index (χ1v) is 6.60. The number of hydrogen-bond acceptors (Lipinski definition) is 1. The van der Waals surface area contributed by atoms with Crippen LogP contribution in [0.3, 0.4) is 0 Å². The lowest BCUT2D eigenvalue weighted by atomic mass is 9.99. The van der Waals surface area contributed by atoms with Crippen LogP contribution in [0, 0.1) is 5.92 Å². The summed E-state index contributed by atoms with van der Waals surface area (Å²) in [5.41, 5.74) is 1.21. The zero-order valence-electron chi connectivity index (χ0n) is 10.3. The lowest BCUT2D eigenvalue weighted by molar-refractivity contribution is -0.122. The van der Waals surface area contributed by atoms with E-state index < -0.39 is 0 Å². The second kappa shape index (κ2) is 6.39. The highest BCUT2D eigenvalue weighted by atomic mass is 16.1. The summed E-state index contributed by atoms with van der Waals surface area (Å²) >= 11 is 0. The normalized spacial score (nSPS) is 16.7. The number of hydrogen-bond donors (Lipinski definition) is 0. The van der Waals surface area contributed by atoms with Gasteiger partial charge in [0, 0.05) is 12.3 Å². The van der Waals surface area contributed by atoms with Gasteiger partial charge in [-0.3, -0.25) is 4.79 Å². The summed E-state index contributed by atoms with van der Waals surface area (Å²) in [6.07, 6.45) is 10.6. The predicted molar refractivity (Wildman–Crippen MR) is 71.7 cm³/mol. The molecule has 0 aliphatic heterocycles. The molecule has 0 heterocycles. The minimum atomic E-state index is 0.375. The molecule has 1 aromatic carbocycles. The number of rotatable bonds is 5. The van der Waals surface area contributed by atoms with Gasteiger partial charge < -0.3 is 0 Å². The van der Waals surface area contributed by atoms with Crippen molar-refractivity contribution in [3.63, 3.8) is 0 Å². The van der Waals surface area contributed by atoms with Crippen LogP contribution in [-0.4, -0.2) is 5.78 Å². The van der Waals surface area contributed by atoms with Crippen molar-refractivity contribution in [1.29, 1.82) is 0 Å². The average molecular weight is 228 g/mol. The largest absolute Gasteiger partial charge is 0.299 e. The Hall–Kier alpha value is -1.37. The van der Waals surface area contributed by atoms with E-state index >= 15 is 0 Å². The molecule has 0 N–H and O–H groups in total. The van der Waals surface area contributed by atoms with Gasteiger partial charge in [-0.1, -0.05) is 55.3 Å². The van der Waals surface area contributed by atoms with Gasteiger partial charge in [-0.2, -0.15) is 0 Å². The fraction of sp³-hybridized carbons (Fsp3) is 0.438. The standard InChI is InChI=1S/C16H20O/c17-16(15-11-5-6-12-15)13-7-4-10-14-8-2-1-3-9-14/h1-4,8-10,15H,5-7,11-13H2/b10-4+. The summed E-state index contributed by atoms with van der Waals surface area (Å²) < 4.78 is 0. The third-order valence-corrected chi connectivity index (χ3v) is 3.48. The van der Waals surface area contributed by atoms with Crippen molar-refractivity contribution in [3.8, 4) is 0 Å². The Morgan fingerprint density at radius 2 is 1.88 bits per heavy atom. The number of carbonyl (C=O) groups is 1. The Labute approximate surface area is 104 Å². The molecule has 0 saturated heterocycles. The third-order valence-electron chi connectivity index (χ3n) is 3.48. The third kappa shape index (κ3) is 3.85. The van der Waals surface area contributed by atoms with E-state index in [9.17, 15) is 4.79 Å². The van der Waals surface area contributed by atoms with Gasteiger partial charge in [0.05, 0.1) is 0 Å². The molecular weight excluding hydrogens is 208 g/mol. The van der Waals surface area contributed by atoms with E-state index in [0.717, 1.165) is 19.3 Å². The maximum Gasteiger partial charge on any atom is 0.136 e. The predicted octanol–water partition coefficient (Wildman–Crippen LogP) is 4.24. The molecule has 1 aromatic rings. The second-order valence-corrected chi connectivity index (χ2v) is 4.80. The Morgan fingerprint density at radius 3 is 2.59 bits per heavy atom. The first kappa shape index (κ1) is 12.1. The number of benzene rings is 1. The molecule has 1 heteroatoms. The molecule has 0 unspecified atom stereocenters. The number of carbonyl (C=O) groups excluding carboxylic acids is 1. The molecule has 17 heavy (non-hydrogen) atoms. The second-order valence-electron chi connectivity index (χ2n) is 4.80. The fourth-order valence-corrected chi connectivity index (χ4v) is 2.46. The Kier molecular flexibility index (Phi) is 4.54. The minimum absolute atomic E-state index is 0.375. The molecular formula is C16H20O. The van der Waals surface area contributed by atoms with Crippen LogP contribution in [0.2, 0.25) is 0 Å². The van der Waals surface area contributed by atoms with Crippen LogP contribution in [0.1, 0.15) is 44.1 Å². The topological polar surface area (TPSA) is 17.1 Å². The first-order chi connectivity index (χ1) is 8.36. The van der Waals surface area contributed by atoms with Gasteiger partial charge in [0.1, 0.15) is 5.78 Å². The van der Waals surface area contributed by atoms with E-state index in [0.29, 0.717) is 18.1 Å². The highest BCUT2D eigenvalue weighted by Gasteiger charge is 2.21. The number of Topliss-reactive ketones (excluding diaryl/α,β-unsaturated/α-hetero) is 1. The van der Waals surface area contributed by atoms with E-state index in [1.54, 1.807) is 0 Å². The number of allylic oxidation sites excluding steroid dienone is 1. The van der Waals surface area contributed by atoms with E-state index in [1.807, 2.05) is 18.2 Å². The van der Waals surface area contributed by atoms with Gasteiger partial charge in [-0.25, -0.2) is 0 Å². The summed E-state index contributed by atoms with van der Waals surface area (Å²) in [6.45, 7) is 0. The molecule has 0 atom stereocenters. The van der Waals surface area contributed by atoms with Crippen LogP contribution >= 0.6 is 0 Å². The molecule has 0 spiro atoms. The SMILES string of the molecule is O=C(CC/C=C/c1ccccc1)C1CCCC1. The van der Waals surface area contributed by atoms with Crippen molar-refractivity contribution < 1.29 is 4.79 Å². The van der Waals surface area contributed by atoms with Crippen molar-refractivity contribution >= 4 is 11.9 Å². The van der Waals surface area contributed by atoms with E-state index in [1.165, 1.54) is 18.4 Å². The summed E-state index contributed by atoms with van der Waals surface area (Å²) in [5.74, 6) is 0.848. The van der Waals surface area contributed by atoms with Gasteiger partial charge >= 0.3 is 0 Å². The molecule has 1 nitrogen and oxygen atoms in total. The molecule has 0 aromatic heterocycles. The van der Waals surface area contributed by atoms with Gasteiger partial charge in [-0.05, 0) is 24.8 Å². The van der Waals surface area contributed by atoms with Crippen molar-refractivity contribution in [1.82, 2.24) is 0 Å². The lowest BCUT2D eigenvalue weighted by Crippen LogP contribution is -2.09. The van der Waals surface area contributed by atoms with E-state index in [2.05, 4.69) is 24.3 Å². The molecule has 2 rings (SSSR count). The van der Waals surface area contributed by atoms with Crippen LogP contribution in [-0.2, 0) is 4.79 Å². The Balaban J connectivity index is 1.72. The molecule has 90 valence electrons. The molecule has 0 amide bonds. The van der Waals surface area contributed by atoms with Crippen molar-refractivity contribution in [2.24, 2.45) is 5.92 Å². The summed E-state index contributed by atoms with van der Waals surface area (Å²) in [7, 11) is 0. The molecule has 0 radical (unpaired) electrons. The summed E-state index contributed by atoms with van der Waals surface area (Å²) in [5, 5.41) is 0. The van der Waals surface area contributed by atoms with Gasteiger partial charge in [0.2, 0.25) is 0 Å². The summed E-state index contributed by atoms with van der Waals surface area (Å²) in [4.78, 5) is 11.8. The fourth-order valence-electron chi connectivity index (χ4n) is 2.46. The monoisotopic (exact) mass is 228 g/mol. The average Bonchev–Trinajstić information content (AvgIpc) is 2.89. The lowest BCUT2D eigenvalue weighted by Gasteiger charge is -2.05. The number of ketones is 1. The molecule has 1 aliphatic rings. The van der Waals surface area contributed by atoms with Crippen molar-refractivity contribution in [2.45, 2.75) is 38.5 Å². The highest BCUT2D eigenvalue weighted by Crippen LogP contribution is 2.26. The molecule has 1 aliphatic carbocycles. The maximum absolute atomic E-state index is 11.8. The van der Waals surface area contributed by atoms with Crippen LogP contribution < -0.4 is 0 Å². The maximum atomic E-state index is 11.8. The van der Waals surface area contributed by atoms with Crippen LogP contribution in [0.5, 0.6) is 0 Å². The van der Waals surface area contributed by atoms with E-state index in [-0.39, 0.29) is 0 Å². The van der Waals surface area contributed by atoms with Crippen LogP contribution in [0.25, 0.3) is 6.08 Å². The first-order valence-electron chi connectivity index (χ1n) is 6.60. The zero-order chi connectivity index (χ0) is 11.9. The molecule has 0 bridgehead atoms. The quantitative estimate of drug-likeness (QED) is 0.736. The Bertz CT molecular complexity index is 372. The summed E-state index contributed by atoms with van der Waals surface area (Å²) in [6, 6.07) is 10.2. The van der Waals surface area contributed by atoms with Gasteiger partial charge in [-0.15, -0.1) is 0 Å². The molecule has 1 fully saturated rings. The van der Waals surface area contributed by atoms with Gasteiger partial charge in [0.25, 0.3) is 0 Å². The minimum Gasteiger partial charge on any atom is -0.299 e. The smallest absolute Gasteiger partial charge is 0.136 e. The van der Waals surface area contributed by atoms with Gasteiger partial charge in [0.15, 0.2) is 0 Å².